The van der Waals surface area contributed by atoms with E-state index < -0.39 is 5.97 Å². The van der Waals surface area contributed by atoms with E-state index in [1.165, 1.54) is 11.8 Å². The molecule has 0 bridgehead atoms. The summed E-state index contributed by atoms with van der Waals surface area (Å²) >= 11 is 1.46. The van der Waals surface area contributed by atoms with E-state index in [1.807, 2.05) is 13.8 Å². The van der Waals surface area contributed by atoms with E-state index in [0.717, 1.165) is 0 Å². The summed E-state index contributed by atoms with van der Waals surface area (Å²) < 4.78 is -0.0705. The first kappa shape index (κ1) is 8.33. The number of carbonyl (C=O) groups is 1. The van der Waals surface area contributed by atoms with Crippen molar-refractivity contribution in [3.05, 3.63) is 11.1 Å². The molecular weight excluding hydrogens is 162 g/mol. The minimum atomic E-state index is -0.968. The van der Waals surface area contributed by atoms with Gasteiger partial charge in [-0.2, -0.15) is 0 Å². The number of carboxylic acid groups (broad SMARTS) is 1. The maximum absolute atomic E-state index is 10.4. The number of hydrogen-bond acceptors (Lipinski definition) is 3. The molecule has 0 unspecified atom stereocenters. The number of nitrogens with zero attached hydrogens (tertiary/aromatic N) is 1. The van der Waals surface area contributed by atoms with Crippen LogP contribution < -0.4 is 0 Å². The summed E-state index contributed by atoms with van der Waals surface area (Å²) in [7, 11) is 0. The van der Waals surface area contributed by atoms with Crippen LogP contribution in [0.3, 0.4) is 0 Å². The Balaban J connectivity index is 2.75. The molecule has 1 aliphatic heterocycles. The molecule has 1 rings (SSSR count). The van der Waals surface area contributed by atoms with E-state index in [4.69, 9.17) is 5.11 Å². The van der Waals surface area contributed by atoms with Gasteiger partial charge in [0.15, 0.2) is 5.70 Å². The van der Waals surface area contributed by atoms with Crippen molar-refractivity contribution in [1.82, 2.24) is 0 Å². The molecule has 0 aromatic carbocycles. The molecule has 0 aliphatic carbocycles. The van der Waals surface area contributed by atoms with Gasteiger partial charge in [0.05, 0.1) is 0 Å². The van der Waals surface area contributed by atoms with Crippen molar-refractivity contribution in [3.8, 4) is 0 Å². The highest BCUT2D eigenvalue weighted by molar-refractivity contribution is 8.04. The van der Waals surface area contributed by atoms with Gasteiger partial charge >= 0.3 is 5.97 Å². The predicted octanol–water partition coefficient (Wildman–Crippen LogP) is 1.51. The molecule has 0 saturated heterocycles. The van der Waals surface area contributed by atoms with Crippen LogP contribution in [0.2, 0.25) is 0 Å². The van der Waals surface area contributed by atoms with E-state index in [0.29, 0.717) is 0 Å². The third-order valence-electron chi connectivity index (χ3n) is 1.21. The largest absolute Gasteiger partial charge is 0.476 e. The van der Waals surface area contributed by atoms with Gasteiger partial charge in [-0.1, -0.05) is 0 Å². The second-order valence-electron chi connectivity index (χ2n) is 2.79. The highest BCUT2D eigenvalue weighted by Crippen LogP contribution is 2.28. The Morgan fingerprint density at radius 2 is 2.36 bits per heavy atom. The molecule has 0 spiro atoms. The fourth-order valence-electron chi connectivity index (χ4n) is 0.599. The summed E-state index contributed by atoms with van der Waals surface area (Å²) in [6.45, 7) is 3.96. The molecular formula is C7H9NO2S. The highest BCUT2D eigenvalue weighted by atomic mass is 32.2. The Labute approximate surface area is 69.2 Å². The fourth-order valence-corrected chi connectivity index (χ4v) is 1.29. The first-order valence-electron chi connectivity index (χ1n) is 3.18. The number of aliphatic imine (C=N–C) groups is 1. The number of aliphatic carboxylic acids is 1. The molecule has 1 aliphatic rings. The minimum Gasteiger partial charge on any atom is -0.476 e. The Bertz CT molecular complexity index is 243. The Morgan fingerprint density at radius 1 is 1.73 bits per heavy atom. The van der Waals surface area contributed by atoms with Gasteiger partial charge < -0.3 is 5.11 Å². The lowest BCUT2D eigenvalue weighted by molar-refractivity contribution is -0.132. The number of rotatable bonds is 1. The van der Waals surface area contributed by atoms with Crippen LogP contribution in [0.5, 0.6) is 0 Å². The van der Waals surface area contributed by atoms with Crippen LogP contribution in [0, 0.1) is 0 Å². The molecule has 4 heteroatoms. The quantitative estimate of drug-likeness (QED) is 0.650. The molecule has 0 aromatic heterocycles. The number of carboxylic acids is 1. The second kappa shape index (κ2) is 2.70. The van der Waals surface area contributed by atoms with Gasteiger partial charge in [0.1, 0.15) is 0 Å². The van der Waals surface area contributed by atoms with Crippen molar-refractivity contribution in [1.29, 1.82) is 0 Å². The average Bonchev–Trinajstić information content (AvgIpc) is 1.86. The van der Waals surface area contributed by atoms with Crippen molar-refractivity contribution < 1.29 is 9.90 Å². The number of hydrogen-bond donors (Lipinski definition) is 1. The van der Waals surface area contributed by atoms with Crippen LogP contribution in [-0.2, 0) is 4.79 Å². The van der Waals surface area contributed by atoms with E-state index in [2.05, 4.69) is 4.99 Å². The fraction of sp³-hybridized carbons (Fsp3) is 0.429. The minimum absolute atomic E-state index is 0.0705. The van der Waals surface area contributed by atoms with Gasteiger partial charge in [0.25, 0.3) is 0 Å². The first-order chi connectivity index (χ1) is 5.01. The summed E-state index contributed by atoms with van der Waals surface area (Å²) in [5, 5.41) is 10.1. The summed E-state index contributed by atoms with van der Waals surface area (Å²) in [6.07, 6.45) is 1.65. The molecule has 60 valence electrons. The van der Waals surface area contributed by atoms with Gasteiger partial charge in [0.2, 0.25) is 0 Å². The Morgan fingerprint density at radius 3 is 2.73 bits per heavy atom. The van der Waals surface area contributed by atoms with Crippen molar-refractivity contribution in [2.24, 2.45) is 4.99 Å². The molecule has 0 aromatic rings. The van der Waals surface area contributed by atoms with Gasteiger partial charge in [0, 0.05) is 16.4 Å². The zero-order valence-electron chi connectivity index (χ0n) is 6.37. The molecule has 0 atom stereocenters. The monoisotopic (exact) mass is 171 g/mol. The first-order valence-corrected chi connectivity index (χ1v) is 4.06. The smallest absolute Gasteiger partial charge is 0.355 e. The summed E-state index contributed by atoms with van der Waals surface area (Å²) in [5.41, 5.74) is 0.120. The van der Waals surface area contributed by atoms with Crippen LogP contribution in [0.4, 0.5) is 0 Å². The predicted molar refractivity (Wildman–Crippen MR) is 45.9 cm³/mol. The van der Waals surface area contributed by atoms with Gasteiger partial charge in [-0.15, -0.1) is 11.8 Å². The average molecular weight is 171 g/mol. The molecule has 0 radical (unpaired) electrons. The van der Waals surface area contributed by atoms with Gasteiger partial charge in [-0.05, 0) is 13.8 Å². The summed E-state index contributed by atoms with van der Waals surface area (Å²) in [4.78, 5) is 14.2. The molecule has 0 fully saturated rings. The molecule has 0 amide bonds. The number of thioether (sulfide) groups is 1. The van der Waals surface area contributed by atoms with Gasteiger partial charge in [-0.25, -0.2) is 4.79 Å². The molecule has 1 N–H and O–H groups in total. The zero-order valence-corrected chi connectivity index (χ0v) is 7.18. The molecule has 3 nitrogen and oxygen atoms in total. The molecule has 11 heavy (non-hydrogen) atoms. The maximum atomic E-state index is 10.4. The Kier molecular flexibility index (Phi) is 2.04. The van der Waals surface area contributed by atoms with Crippen molar-refractivity contribution in [3.63, 3.8) is 0 Å². The zero-order chi connectivity index (χ0) is 8.48. The third-order valence-corrected chi connectivity index (χ3v) is 2.26. The van der Waals surface area contributed by atoms with Crippen molar-refractivity contribution in [2.45, 2.75) is 18.6 Å². The lowest BCUT2D eigenvalue weighted by atomic mass is 10.2. The maximum Gasteiger partial charge on any atom is 0.355 e. The summed E-state index contributed by atoms with van der Waals surface area (Å²) in [6, 6.07) is 0. The van der Waals surface area contributed by atoms with Crippen molar-refractivity contribution >= 4 is 23.9 Å². The lowest BCUT2D eigenvalue weighted by Gasteiger charge is -2.19. The third kappa shape index (κ3) is 2.08. The molecule has 1 heterocycles. The summed E-state index contributed by atoms with van der Waals surface area (Å²) in [5.74, 6) is -0.968. The SMILES string of the molecule is CC1(C)C=NC(C(=O)O)=CS1. The van der Waals surface area contributed by atoms with E-state index in [9.17, 15) is 4.79 Å². The standard InChI is InChI=1S/C7H9NO2S/c1-7(2)4-8-5(3-11-7)6(9)10/h3-4H,1-2H3,(H,9,10). The van der Waals surface area contributed by atoms with Crippen LogP contribution in [0.15, 0.2) is 16.1 Å². The molecule has 0 saturated carbocycles. The van der Waals surface area contributed by atoms with Crippen LogP contribution >= 0.6 is 11.8 Å². The van der Waals surface area contributed by atoms with Crippen LogP contribution in [0.25, 0.3) is 0 Å². The van der Waals surface area contributed by atoms with Crippen LogP contribution in [-0.4, -0.2) is 22.0 Å². The van der Waals surface area contributed by atoms with E-state index in [1.54, 1.807) is 11.6 Å². The second-order valence-corrected chi connectivity index (χ2v) is 4.31. The van der Waals surface area contributed by atoms with Gasteiger partial charge in [-0.3, -0.25) is 4.99 Å². The van der Waals surface area contributed by atoms with Crippen molar-refractivity contribution in [2.75, 3.05) is 0 Å². The highest BCUT2D eigenvalue weighted by Gasteiger charge is 2.20. The van der Waals surface area contributed by atoms with E-state index >= 15 is 0 Å². The normalized spacial score (nSPS) is 21.1. The lowest BCUT2D eigenvalue weighted by Crippen LogP contribution is -2.19. The van der Waals surface area contributed by atoms with E-state index in [-0.39, 0.29) is 10.4 Å². The van der Waals surface area contributed by atoms with Crippen LogP contribution in [0.1, 0.15) is 13.8 Å². The topological polar surface area (TPSA) is 49.7 Å². The Hall–Kier alpha value is -0.770.